The number of nitrogens with one attached hydrogen (secondary N) is 1. The summed E-state index contributed by atoms with van der Waals surface area (Å²) in [5.41, 5.74) is 4.62. The van der Waals surface area contributed by atoms with Gasteiger partial charge in [-0.25, -0.2) is 0 Å². The summed E-state index contributed by atoms with van der Waals surface area (Å²) in [6.07, 6.45) is 6.36. The van der Waals surface area contributed by atoms with E-state index >= 15 is 0 Å². The molecule has 0 amide bonds. The average Bonchev–Trinajstić information content (AvgIpc) is 2.68. The lowest BCUT2D eigenvalue weighted by molar-refractivity contribution is 0.590. The molecule has 0 heterocycles. The Morgan fingerprint density at radius 3 is 3.00 bits per heavy atom. The van der Waals surface area contributed by atoms with Gasteiger partial charge in [-0.3, -0.25) is 0 Å². The molecule has 0 aromatic heterocycles. The average molecular weight is 203 g/mol. The maximum Gasteiger partial charge on any atom is 0.0323 e. The van der Waals surface area contributed by atoms with Crippen LogP contribution in [0.5, 0.6) is 0 Å². The first-order valence-corrected chi connectivity index (χ1v) is 6.14. The van der Waals surface area contributed by atoms with Crippen LogP contribution in [0.2, 0.25) is 0 Å². The molecule has 82 valence electrons. The molecule has 0 fully saturated rings. The summed E-state index contributed by atoms with van der Waals surface area (Å²) in [5, 5.41) is 3.38. The number of fused-ring (bicyclic) bond motifs is 1. The molecule has 1 aromatic carbocycles. The van der Waals surface area contributed by atoms with E-state index in [2.05, 4.69) is 37.5 Å². The van der Waals surface area contributed by atoms with Gasteiger partial charge < -0.3 is 5.32 Å². The topological polar surface area (TPSA) is 12.0 Å². The standard InChI is InChI=1S/C14H21N/c1-3-4-5-11-6-8-13-12(10-11)7-9-14(13)15-2/h6,8,10,14-15H,3-5,7,9H2,1-2H3. The van der Waals surface area contributed by atoms with Crippen LogP contribution in [0.25, 0.3) is 0 Å². The smallest absolute Gasteiger partial charge is 0.0323 e. The maximum atomic E-state index is 3.38. The van der Waals surface area contributed by atoms with Crippen LogP contribution in [0, 0.1) is 0 Å². The van der Waals surface area contributed by atoms with Crippen molar-refractivity contribution in [1.29, 1.82) is 0 Å². The highest BCUT2D eigenvalue weighted by Crippen LogP contribution is 2.31. The van der Waals surface area contributed by atoms with Gasteiger partial charge in [-0.05, 0) is 49.4 Å². The fourth-order valence-electron chi connectivity index (χ4n) is 2.51. The number of unbranched alkanes of at least 4 members (excludes halogenated alkanes) is 1. The predicted molar refractivity (Wildman–Crippen MR) is 65.2 cm³/mol. The second-order valence-corrected chi connectivity index (χ2v) is 4.52. The molecule has 1 N–H and O–H groups in total. The molecule has 0 spiro atoms. The second-order valence-electron chi connectivity index (χ2n) is 4.52. The summed E-state index contributed by atoms with van der Waals surface area (Å²) >= 11 is 0. The molecule has 2 rings (SSSR count). The molecule has 1 aliphatic carbocycles. The van der Waals surface area contributed by atoms with Crippen LogP contribution in [0.4, 0.5) is 0 Å². The highest BCUT2D eigenvalue weighted by Gasteiger charge is 2.20. The number of rotatable bonds is 4. The summed E-state index contributed by atoms with van der Waals surface area (Å²) in [5.74, 6) is 0. The Labute approximate surface area is 92.9 Å². The molecule has 1 nitrogen and oxygen atoms in total. The Morgan fingerprint density at radius 1 is 1.40 bits per heavy atom. The summed E-state index contributed by atoms with van der Waals surface area (Å²) < 4.78 is 0. The molecule has 0 saturated heterocycles. The van der Waals surface area contributed by atoms with Crippen molar-refractivity contribution in [3.8, 4) is 0 Å². The molecule has 1 aromatic rings. The van der Waals surface area contributed by atoms with Crippen molar-refractivity contribution in [3.63, 3.8) is 0 Å². The van der Waals surface area contributed by atoms with Gasteiger partial charge >= 0.3 is 0 Å². The Bertz CT molecular complexity index is 330. The molecule has 1 atom stereocenters. The van der Waals surface area contributed by atoms with Gasteiger partial charge in [0.25, 0.3) is 0 Å². The zero-order valence-electron chi connectivity index (χ0n) is 9.84. The Hall–Kier alpha value is -0.820. The minimum absolute atomic E-state index is 0.597. The van der Waals surface area contributed by atoms with Crippen molar-refractivity contribution in [2.45, 2.75) is 45.1 Å². The molecule has 1 heteroatoms. The molecular formula is C14H21N. The zero-order valence-corrected chi connectivity index (χ0v) is 9.84. The zero-order chi connectivity index (χ0) is 10.7. The van der Waals surface area contributed by atoms with Gasteiger partial charge in [0.15, 0.2) is 0 Å². The molecule has 1 unspecified atom stereocenters. The summed E-state index contributed by atoms with van der Waals surface area (Å²) in [6, 6.07) is 7.65. The van der Waals surface area contributed by atoms with Crippen molar-refractivity contribution in [1.82, 2.24) is 5.32 Å². The molecule has 0 saturated carbocycles. The third-order valence-electron chi connectivity index (χ3n) is 3.45. The SMILES string of the molecule is CCCCc1ccc2c(c1)CCC2NC. The normalized spacial score (nSPS) is 19.2. The highest BCUT2D eigenvalue weighted by molar-refractivity contribution is 5.38. The maximum absolute atomic E-state index is 3.38. The lowest BCUT2D eigenvalue weighted by atomic mass is 10.0. The van der Waals surface area contributed by atoms with Gasteiger partial charge in [0.2, 0.25) is 0 Å². The van der Waals surface area contributed by atoms with E-state index in [0.717, 1.165) is 0 Å². The monoisotopic (exact) mass is 203 g/mol. The van der Waals surface area contributed by atoms with E-state index in [-0.39, 0.29) is 0 Å². The van der Waals surface area contributed by atoms with Crippen LogP contribution >= 0.6 is 0 Å². The van der Waals surface area contributed by atoms with Crippen LogP contribution in [0.1, 0.15) is 48.9 Å². The van der Waals surface area contributed by atoms with Gasteiger partial charge in [0, 0.05) is 6.04 Å². The van der Waals surface area contributed by atoms with Crippen molar-refractivity contribution in [2.24, 2.45) is 0 Å². The van der Waals surface area contributed by atoms with Crippen LogP contribution < -0.4 is 5.32 Å². The fourth-order valence-corrected chi connectivity index (χ4v) is 2.51. The van der Waals surface area contributed by atoms with Crippen molar-refractivity contribution >= 4 is 0 Å². The van der Waals surface area contributed by atoms with Gasteiger partial charge in [-0.15, -0.1) is 0 Å². The van der Waals surface area contributed by atoms with E-state index in [1.807, 2.05) is 0 Å². The number of benzene rings is 1. The van der Waals surface area contributed by atoms with E-state index in [1.165, 1.54) is 43.2 Å². The van der Waals surface area contributed by atoms with Gasteiger partial charge in [0.1, 0.15) is 0 Å². The first-order chi connectivity index (χ1) is 7.35. The molecule has 0 aliphatic heterocycles. The number of aryl methyl sites for hydroxylation is 2. The van der Waals surface area contributed by atoms with E-state index in [1.54, 1.807) is 5.56 Å². The number of hydrogen-bond acceptors (Lipinski definition) is 1. The quantitative estimate of drug-likeness (QED) is 0.792. The largest absolute Gasteiger partial charge is 0.313 e. The first-order valence-electron chi connectivity index (χ1n) is 6.14. The summed E-state index contributed by atoms with van der Waals surface area (Å²) in [4.78, 5) is 0. The Morgan fingerprint density at radius 2 is 2.27 bits per heavy atom. The van der Waals surface area contributed by atoms with Gasteiger partial charge in [0.05, 0.1) is 0 Å². The van der Waals surface area contributed by atoms with E-state index in [0.29, 0.717) is 6.04 Å². The molecule has 0 bridgehead atoms. The third kappa shape index (κ3) is 2.23. The van der Waals surface area contributed by atoms with Crippen LogP contribution in [0.15, 0.2) is 18.2 Å². The van der Waals surface area contributed by atoms with Crippen molar-refractivity contribution < 1.29 is 0 Å². The van der Waals surface area contributed by atoms with E-state index in [4.69, 9.17) is 0 Å². The predicted octanol–water partition coefficient (Wildman–Crippen LogP) is 3.24. The lowest BCUT2D eigenvalue weighted by Gasteiger charge is -2.10. The fraction of sp³-hybridized carbons (Fsp3) is 0.571. The van der Waals surface area contributed by atoms with Crippen molar-refractivity contribution in [3.05, 3.63) is 34.9 Å². The van der Waals surface area contributed by atoms with E-state index in [9.17, 15) is 0 Å². The summed E-state index contributed by atoms with van der Waals surface area (Å²) in [7, 11) is 2.06. The molecule has 15 heavy (non-hydrogen) atoms. The van der Waals surface area contributed by atoms with Crippen LogP contribution in [0.3, 0.4) is 0 Å². The number of hydrogen-bond donors (Lipinski definition) is 1. The van der Waals surface area contributed by atoms with Gasteiger partial charge in [-0.2, -0.15) is 0 Å². The minimum atomic E-state index is 0.597. The van der Waals surface area contributed by atoms with E-state index < -0.39 is 0 Å². The Balaban J connectivity index is 2.14. The first kappa shape index (κ1) is 10.7. The van der Waals surface area contributed by atoms with Crippen LogP contribution in [-0.4, -0.2) is 7.05 Å². The minimum Gasteiger partial charge on any atom is -0.313 e. The third-order valence-corrected chi connectivity index (χ3v) is 3.45. The lowest BCUT2D eigenvalue weighted by Crippen LogP contribution is -2.12. The highest BCUT2D eigenvalue weighted by atomic mass is 14.9. The molecular weight excluding hydrogens is 182 g/mol. The second kappa shape index (κ2) is 4.80. The Kier molecular flexibility index (Phi) is 3.42. The van der Waals surface area contributed by atoms with Gasteiger partial charge in [-0.1, -0.05) is 31.5 Å². The summed E-state index contributed by atoms with van der Waals surface area (Å²) in [6.45, 7) is 2.25. The molecule has 1 aliphatic rings. The van der Waals surface area contributed by atoms with Crippen LogP contribution in [-0.2, 0) is 12.8 Å². The van der Waals surface area contributed by atoms with Crippen molar-refractivity contribution in [2.75, 3.05) is 7.05 Å². The molecule has 0 radical (unpaired) electrons.